The van der Waals surface area contributed by atoms with Crippen LogP contribution >= 0.6 is 11.3 Å². The van der Waals surface area contributed by atoms with Crippen molar-refractivity contribution in [3.05, 3.63) is 28.3 Å². The van der Waals surface area contributed by atoms with E-state index in [-0.39, 0.29) is 11.8 Å². The number of aryl methyl sites for hydroxylation is 2. The van der Waals surface area contributed by atoms with Gasteiger partial charge in [-0.2, -0.15) is 4.98 Å². The Labute approximate surface area is 127 Å². The molecule has 3 heterocycles. The molecule has 112 valence electrons. The maximum absolute atomic E-state index is 12.3. The summed E-state index contributed by atoms with van der Waals surface area (Å²) in [6, 6.07) is 0. The number of aromatic nitrogens is 3. The molecule has 21 heavy (non-hydrogen) atoms. The van der Waals surface area contributed by atoms with E-state index in [0.717, 1.165) is 30.8 Å². The molecule has 1 aliphatic rings. The van der Waals surface area contributed by atoms with Gasteiger partial charge in [0, 0.05) is 37.5 Å². The van der Waals surface area contributed by atoms with Gasteiger partial charge in [-0.1, -0.05) is 5.16 Å². The van der Waals surface area contributed by atoms with Gasteiger partial charge in [0.15, 0.2) is 5.82 Å². The molecule has 2 aromatic heterocycles. The molecule has 0 radical (unpaired) electrons. The first-order valence-electron chi connectivity index (χ1n) is 7.18. The highest BCUT2D eigenvalue weighted by Crippen LogP contribution is 2.26. The average molecular weight is 306 g/mol. The van der Waals surface area contributed by atoms with E-state index in [1.165, 1.54) is 0 Å². The van der Waals surface area contributed by atoms with E-state index in [2.05, 4.69) is 15.1 Å². The van der Waals surface area contributed by atoms with Gasteiger partial charge in [-0.3, -0.25) is 4.79 Å². The van der Waals surface area contributed by atoms with Crippen LogP contribution in [0.5, 0.6) is 0 Å². The number of rotatable bonds is 4. The van der Waals surface area contributed by atoms with E-state index in [1.807, 2.05) is 17.2 Å². The molecular formula is C14H18N4O2S. The zero-order chi connectivity index (χ0) is 14.7. The molecule has 1 aliphatic heterocycles. The summed E-state index contributed by atoms with van der Waals surface area (Å²) in [5, 5.41) is 6.79. The highest BCUT2D eigenvalue weighted by molar-refractivity contribution is 7.09. The quantitative estimate of drug-likeness (QED) is 0.865. The van der Waals surface area contributed by atoms with Crippen molar-refractivity contribution in [1.82, 2.24) is 20.0 Å². The third-order valence-corrected chi connectivity index (χ3v) is 4.54. The lowest BCUT2D eigenvalue weighted by Crippen LogP contribution is -2.39. The van der Waals surface area contributed by atoms with Gasteiger partial charge in [-0.15, -0.1) is 11.3 Å². The number of likely N-dealkylation sites (tertiary alicyclic amines) is 1. The van der Waals surface area contributed by atoms with Crippen molar-refractivity contribution < 1.29 is 9.32 Å². The normalized spacial score (nSPS) is 18.9. The molecular weight excluding hydrogens is 288 g/mol. The summed E-state index contributed by atoms with van der Waals surface area (Å²) in [7, 11) is 0. The van der Waals surface area contributed by atoms with E-state index in [0.29, 0.717) is 24.7 Å². The Balaban J connectivity index is 1.56. The van der Waals surface area contributed by atoms with E-state index >= 15 is 0 Å². The summed E-state index contributed by atoms with van der Waals surface area (Å²) in [6.07, 6.45) is 4.99. The van der Waals surface area contributed by atoms with Crippen molar-refractivity contribution in [2.45, 2.75) is 38.5 Å². The zero-order valence-corrected chi connectivity index (χ0v) is 12.8. The lowest BCUT2D eigenvalue weighted by atomic mass is 9.97. The second-order valence-corrected chi connectivity index (χ2v) is 6.26. The van der Waals surface area contributed by atoms with Gasteiger partial charge in [0.25, 0.3) is 0 Å². The number of amides is 1. The van der Waals surface area contributed by atoms with Crippen LogP contribution in [-0.2, 0) is 11.2 Å². The van der Waals surface area contributed by atoms with Crippen molar-refractivity contribution >= 4 is 17.2 Å². The van der Waals surface area contributed by atoms with Crippen molar-refractivity contribution in [2.24, 2.45) is 0 Å². The Hall–Kier alpha value is -1.76. The van der Waals surface area contributed by atoms with Crippen LogP contribution in [0.3, 0.4) is 0 Å². The molecule has 0 N–H and O–H groups in total. The SMILES string of the molecule is Cc1noc([C@H]2CCCN(C(=O)CCc3nccs3)C2)n1. The van der Waals surface area contributed by atoms with Crippen LogP contribution in [0.15, 0.2) is 16.1 Å². The number of carbonyl (C=O) groups excluding carboxylic acids is 1. The fraction of sp³-hybridized carbons (Fsp3) is 0.571. The van der Waals surface area contributed by atoms with Crippen LogP contribution in [-0.4, -0.2) is 39.0 Å². The number of hydrogen-bond donors (Lipinski definition) is 0. The number of thiazole rings is 1. The molecule has 0 saturated carbocycles. The van der Waals surface area contributed by atoms with Crippen molar-refractivity contribution in [2.75, 3.05) is 13.1 Å². The highest BCUT2D eigenvalue weighted by Gasteiger charge is 2.28. The van der Waals surface area contributed by atoms with Crippen LogP contribution in [0.4, 0.5) is 0 Å². The minimum Gasteiger partial charge on any atom is -0.342 e. The summed E-state index contributed by atoms with van der Waals surface area (Å²) >= 11 is 1.60. The summed E-state index contributed by atoms with van der Waals surface area (Å²) in [5.74, 6) is 1.66. The molecule has 3 rings (SSSR count). The van der Waals surface area contributed by atoms with Gasteiger partial charge in [-0.05, 0) is 19.8 Å². The van der Waals surface area contributed by atoms with Crippen molar-refractivity contribution in [1.29, 1.82) is 0 Å². The fourth-order valence-electron chi connectivity index (χ4n) is 2.63. The van der Waals surface area contributed by atoms with Gasteiger partial charge >= 0.3 is 0 Å². The molecule has 6 nitrogen and oxygen atoms in total. The first-order chi connectivity index (χ1) is 10.2. The van der Waals surface area contributed by atoms with Gasteiger partial charge in [0.05, 0.1) is 10.9 Å². The largest absolute Gasteiger partial charge is 0.342 e. The Morgan fingerprint density at radius 2 is 2.48 bits per heavy atom. The minimum atomic E-state index is 0.170. The Morgan fingerprint density at radius 3 is 3.19 bits per heavy atom. The number of carbonyl (C=O) groups is 1. The van der Waals surface area contributed by atoms with Crippen LogP contribution in [0.25, 0.3) is 0 Å². The van der Waals surface area contributed by atoms with Crippen LogP contribution in [0.1, 0.15) is 41.9 Å². The molecule has 0 aliphatic carbocycles. The molecule has 1 saturated heterocycles. The predicted octanol–water partition coefficient (Wildman–Crippen LogP) is 2.17. The van der Waals surface area contributed by atoms with Gasteiger partial charge in [0.2, 0.25) is 11.8 Å². The highest BCUT2D eigenvalue weighted by atomic mass is 32.1. The topological polar surface area (TPSA) is 72.1 Å². The van der Waals surface area contributed by atoms with E-state index in [4.69, 9.17) is 4.52 Å². The molecule has 0 unspecified atom stereocenters. The fourth-order valence-corrected chi connectivity index (χ4v) is 3.25. The second kappa shape index (κ2) is 6.34. The number of hydrogen-bond acceptors (Lipinski definition) is 6. The van der Waals surface area contributed by atoms with Crippen LogP contribution in [0, 0.1) is 6.92 Å². The van der Waals surface area contributed by atoms with Crippen LogP contribution < -0.4 is 0 Å². The molecule has 1 fully saturated rings. The molecule has 7 heteroatoms. The first-order valence-corrected chi connectivity index (χ1v) is 8.06. The Morgan fingerprint density at radius 1 is 1.57 bits per heavy atom. The monoisotopic (exact) mass is 306 g/mol. The lowest BCUT2D eigenvalue weighted by molar-refractivity contribution is -0.132. The Kier molecular flexibility index (Phi) is 4.28. The third kappa shape index (κ3) is 3.47. The summed E-state index contributed by atoms with van der Waals surface area (Å²) in [4.78, 5) is 22.7. The average Bonchev–Trinajstić information content (AvgIpc) is 3.16. The number of nitrogens with zero attached hydrogens (tertiary/aromatic N) is 4. The van der Waals surface area contributed by atoms with E-state index in [9.17, 15) is 4.79 Å². The molecule has 0 spiro atoms. The molecule has 2 aromatic rings. The van der Waals surface area contributed by atoms with Crippen molar-refractivity contribution in [3.8, 4) is 0 Å². The van der Waals surface area contributed by atoms with E-state index in [1.54, 1.807) is 17.5 Å². The molecule has 0 aromatic carbocycles. The van der Waals surface area contributed by atoms with Crippen molar-refractivity contribution in [3.63, 3.8) is 0 Å². The lowest BCUT2D eigenvalue weighted by Gasteiger charge is -2.31. The summed E-state index contributed by atoms with van der Waals surface area (Å²) in [5.41, 5.74) is 0. The maximum atomic E-state index is 12.3. The predicted molar refractivity (Wildman–Crippen MR) is 78.0 cm³/mol. The standard InChI is InChI=1S/C14H18N4O2S/c1-10-16-14(20-17-10)11-3-2-7-18(9-11)13(19)5-4-12-15-6-8-21-12/h6,8,11H,2-5,7,9H2,1H3/t11-/m0/s1. The van der Waals surface area contributed by atoms with Gasteiger partial charge in [-0.25, -0.2) is 4.98 Å². The smallest absolute Gasteiger partial charge is 0.231 e. The summed E-state index contributed by atoms with van der Waals surface area (Å²) < 4.78 is 5.24. The van der Waals surface area contributed by atoms with Crippen LogP contribution in [0.2, 0.25) is 0 Å². The maximum Gasteiger partial charge on any atom is 0.231 e. The van der Waals surface area contributed by atoms with E-state index < -0.39 is 0 Å². The Bertz CT molecular complexity index is 596. The molecule has 1 atom stereocenters. The third-order valence-electron chi connectivity index (χ3n) is 3.70. The van der Waals surface area contributed by atoms with Gasteiger partial charge < -0.3 is 9.42 Å². The minimum absolute atomic E-state index is 0.170. The number of piperidine rings is 1. The second-order valence-electron chi connectivity index (χ2n) is 5.28. The molecule has 0 bridgehead atoms. The first kappa shape index (κ1) is 14.2. The summed E-state index contributed by atoms with van der Waals surface area (Å²) in [6.45, 7) is 3.31. The van der Waals surface area contributed by atoms with Gasteiger partial charge in [0.1, 0.15) is 0 Å². The zero-order valence-electron chi connectivity index (χ0n) is 12.0. The molecule has 1 amide bonds.